The van der Waals surface area contributed by atoms with Crippen molar-refractivity contribution in [2.75, 3.05) is 0 Å². The van der Waals surface area contributed by atoms with Crippen LogP contribution in [0.2, 0.25) is 0 Å². The fourth-order valence-corrected chi connectivity index (χ4v) is 1.69. The molecular weight excluding hydrogens is 202 g/mol. The molecule has 0 atom stereocenters. The quantitative estimate of drug-likeness (QED) is 0.826. The summed E-state index contributed by atoms with van der Waals surface area (Å²) in [4.78, 5) is 22.8. The third kappa shape index (κ3) is 1.74. The summed E-state index contributed by atoms with van der Waals surface area (Å²) in [6.07, 6.45) is 5.68. The van der Waals surface area contributed by atoms with Crippen LogP contribution >= 0.6 is 0 Å². The van der Waals surface area contributed by atoms with Gasteiger partial charge in [-0.2, -0.15) is 0 Å². The monoisotopic (exact) mass is 213 g/mol. The highest BCUT2D eigenvalue weighted by molar-refractivity contribution is 5.56. The number of aromatic nitrogens is 3. The van der Waals surface area contributed by atoms with E-state index in [1.54, 1.807) is 12.4 Å². The first kappa shape index (κ1) is 9.27. The molecule has 0 bridgehead atoms. The van der Waals surface area contributed by atoms with Gasteiger partial charge >= 0.3 is 0 Å². The summed E-state index contributed by atoms with van der Waals surface area (Å²) >= 11 is 0. The van der Waals surface area contributed by atoms with Crippen LogP contribution in [0.3, 0.4) is 0 Å². The van der Waals surface area contributed by atoms with Gasteiger partial charge in [-0.1, -0.05) is 0 Å². The van der Waals surface area contributed by atoms with Crippen LogP contribution < -0.4 is 5.56 Å². The molecule has 2 aromatic rings. The van der Waals surface area contributed by atoms with Crippen LogP contribution in [0, 0.1) is 0 Å². The van der Waals surface area contributed by atoms with Gasteiger partial charge in [0.25, 0.3) is 5.56 Å². The SMILES string of the molecule is O=c1cc(-c2cccnc2)nc(C2CC2)[nH]1. The number of hydrogen-bond acceptors (Lipinski definition) is 3. The molecule has 0 unspecified atom stereocenters. The smallest absolute Gasteiger partial charge is 0.251 e. The molecule has 1 fully saturated rings. The minimum Gasteiger partial charge on any atom is -0.310 e. The first-order chi connectivity index (χ1) is 7.83. The predicted molar refractivity (Wildman–Crippen MR) is 60.1 cm³/mol. The highest BCUT2D eigenvalue weighted by Gasteiger charge is 2.26. The lowest BCUT2D eigenvalue weighted by molar-refractivity contribution is 0.912. The van der Waals surface area contributed by atoms with Crippen molar-refractivity contribution in [3.8, 4) is 11.3 Å². The van der Waals surface area contributed by atoms with Crippen molar-refractivity contribution in [1.82, 2.24) is 15.0 Å². The van der Waals surface area contributed by atoms with Gasteiger partial charge in [0.15, 0.2) is 0 Å². The first-order valence-electron chi connectivity index (χ1n) is 5.34. The standard InChI is InChI=1S/C12H11N3O/c16-11-6-10(9-2-1-5-13-7-9)14-12(15-11)8-3-4-8/h1-2,5-8H,3-4H2,(H,14,15,16). The van der Waals surface area contributed by atoms with Crippen molar-refractivity contribution in [2.24, 2.45) is 0 Å². The average molecular weight is 213 g/mol. The van der Waals surface area contributed by atoms with E-state index in [0.717, 1.165) is 24.2 Å². The van der Waals surface area contributed by atoms with Gasteiger partial charge < -0.3 is 4.98 Å². The molecule has 0 amide bonds. The Morgan fingerprint density at radius 2 is 2.25 bits per heavy atom. The van der Waals surface area contributed by atoms with Gasteiger partial charge in [0, 0.05) is 29.9 Å². The lowest BCUT2D eigenvalue weighted by atomic mass is 10.2. The second-order valence-corrected chi connectivity index (χ2v) is 4.03. The number of H-pyrrole nitrogens is 1. The summed E-state index contributed by atoms with van der Waals surface area (Å²) in [6.45, 7) is 0. The Hall–Kier alpha value is -1.97. The molecule has 80 valence electrons. The van der Waals surface area contributed by atoms with E-state index in [9.17, 15) is 4.79 Å². The molecule has 4 nitrogen and oxygen atoms in total. The van der Waals surface area contributed by atoms with Gasteiger partial charge in [0.05, 0.1) is 5.69 Å². The molecule has 16 heavy (non-hydrogen) atoms. The van der Waals surface area contributed by atoms with Crippen LogP contribution in [0.25, 0.3) is 11.3 Å². The molecule has 0 aliphatic heterocycles. The molecule has 0 spiro atoms. The Labute approximate surface area is 92.4 Å². The lowest BCUT2D eigenvalue weighted by Crippen LogP contribution is -2.10. The highest BCUT2D eigenvalue weighted by Crippen LogP contribution is 2.37. The van der Waals surface area contributed by atoms with Gasteiger partial charge in [0.1, 0.15) is 5.82 Å². The zero-order valence-electron chi connectivity index (χ0n) is 8.68. The van der Waals surface area contributed by atoms with Crippen molar-refractivity contribution >= 4 is 0 Å². The van der Waals surface area contributed by atoms with E-state index in [-0.39, 0.29) is 5.56 Å². The Bertz CT molecular complexity index is 558. The van der Waals surface area contributed by atoms with E-state index in [4.69, 9.17) is 0 Å². The van der Waals surface area contributed by atoms with Gasteiger partial charge in [-0.3, -0.25) is 9.78 Å². The number of hydrogen-bond donors (Lipinski definition) is 1. The second kappa shape index (κ2) is 3.56. The van der Waals surface area contributed by atoms with E-state index in [0.29, 0.717) is 11.6 Å². The Morgan fingerprint density at radius 1 is 1.38 bits per heavy atom. The Kier molecular flexibility index (Phi) is 2.06. The molecule has 0 radical (unpaired) electrons. The minimum absolute atomic E-state index is 0.0873. The molecule has 1 aliphatic carbocycles. The average Bonchev–Trinajstić information content (AvgIpc) is 3.13. The van der Waals surface area contributed by atoms with Crippen molar-refractivity contribution in [3.63, 3.8) is 0 Å². The van der Waals surface area contributed by atoms with Crippen molar-refractivity contribution in [3.05, 3.63) is 46.8 Å². The van der Waals surface area contributed by atoms with E-state index < -0.39 is 0 Å². The summed E-state index contributed by atoms with van der Waals surface area (Å²) in [5.74, 6) is 1.26. The van der Waals surface area contributed by atoms with Gasteiger partial charge in [0.2, 0.25) is 0 Å². The third-order valence-electron chi connectivity index (χ3n) is 2.68. The molecule has 0 aromatic carbocycles. The maximum Gasteiger partial charge on any atom is 0.251 e. The van der Waals surface area contributed by atoms with Crippen LogP contribution in [0.4, 0.5) is 0 Å². The molecule has 1 saturated carbocycles. The zero-order valence-corrected chi connectivity index (χ0v) is 8.68. The highest BCUT2D eigenvalue weighted by atomic mass is 16.1. The molecular formula is C12H11N3O. The first-order valence-corrected chi connectivity index (χ1v) is 5.34. The van der Waals surface area contributed by atoms with Crippen molar-refractivity contribution in [1.29, 1.82) is 0 Å². The lowest BCUT2D eigenvalue weighted by Gasteiger charge is -2.02. The summed E-state index contributed by atoms with van der Waals surface area (Å²) in [5.41, 5.74) is 1.50. The van der Waals surface area contributed by atoms with Crippen LogP contribution in [-0.4, -0.2) is 15.0 Å². The Balaban J connectivity index is 2.10. The normalized spacial score (nSPS) is 15.0. The summed E-state index contributed by atoms with van der Waals surface area (Å²) in [5, 5.41) is 0. The van der Waals surface area contributed by atoms with Gasteiger partial charge in [-0.25, -0.2) is 4.98 Å². The zero-order chi connectivity index (χ0) is 11.0. The van der Waals surface area contributed by atoms with Crippen LogP contribution in [0.5, 0.6) is 0 Å². The summed E-state index contributed by atoms with van der Waals surface area (Å²) in [7, 11) is 0. The summed E-state index contributed by atoms with van der Waals surface area (Å²) in [6, 6.07) is 5.27. The number of nitrogens with one attached hydrogen (secondary N) is 1. The topological polar surface area (TPSA) is 58.6 Å². The van der Waals surface area contributed by atoms with Gasteiger partial charge in [-0.15, -0.1) is 0 Å². The van der Waals surface area contributed by atoms with E-state index in [1.165, 1.54) is 6.07 Å². The van der Waals surface area contributed by atoms with E-state index in [2.05, 4.69) is 15.0 Å². The van der Waals surface area contributed by atoms with Crippen LogP contribution in [-0.2, 0) is 0 Å². The molecule has 2 heterocycles. The largest absolute Gasteiger partial charge is 0.310 e. The van der Waals surface area contributed by atoms with Crippen LogP contribution in [0.15, 0.2) is 35.4 Å². The minimum atomic E-state index is -0.0873. The summed E-state index contributed by atoms with van der Waals surface area (Å²) < 4.78 is 0. The van der Waals surface area contributed by atoms with Crippen molar-refractivity contribution in [2.45, 2.75) is 18.8 Å². The number of aromatic amines is 1. The number of pyridine rings is 1. The molecule has 1 N–H and O–H groups in total. The maximum atomic E-state index is 11.5. The van der Waals surface area contributed by atoms with E-state index in [1.807, 2.05) is 12.1 Å². The Morgan fingerprint density at radius 3 is 2.94 bits per heavy atom. The van der Waals surface area contributed by atoms with Gasteiger partial charge in [-0.05, 0) is 25.0 Å². The second-order valence-electron chi connectivity index (χ2n) is 4.03. The van der Waals surface area contributed by atoms with Crippen molar-refractivity contribution < 1.29 is 0 Å². The fourth-order valence-electron chi connectivity index (χ4n) is 1.69. The number of rotatable bonds is 2. The predicted octanol–water partition coefficient (Wildman–Crippen LogP) is 1.71. The maximum absolute atomic E-state index is 11.5. The third-order valence-corrected chi connectivity index (χ3v) is 2.68. The van der Waals surface area contributed by atoms with E-state index >= 15 is 0 Å². The fraction of sp³-hybridized carbons (Fsp3) is 0.250. The molecule has 2 aromatic heterocycles. The molecule has 4 heteroatoms. The number of nitrogens with zero attached hydrogens (tertiary/aromatic N) is 2. The molecule has 0 saturated heterocycles. The molecule has 1 aliphatic rings. The van der Waals surface area contributed by atoms with Crippen LogP contribution in [0.1, 0.15) is 24.6 Å². The molecule has 3 rings (SSSR count).